The van der Waals surface area contributed by atoms with Gasteiger partial charge in [0.2, 0.25) is 5.91 Å². The molecule has 0 atom stereocenters. The number of halogens is 3. The molecule has 1 aliphatic carbocycles. The fraction of sp³-hybridized carbons (Fsp3) is 0.421. The maximum absolute atomic E-state index is 12.6. The van der Waals surface area contributed by atoms with Crippen LogP contribution in [0, 0.1) is 0 Å². The Morgan fingerprint density at radius 2 is 1.70 bits per heavy atom. The number of carbonyl (C=O) groups is 1. The maximum Gasteiger partial charge on any atom is 0.416 e. The van der Waals surface area contributed by atoms with Crippen molar-refractivity contribution in [2.24, 2.45) is 0 Å². The van der Waals surface area contributed by atoms with Gasteiger partial charge in [0, 0.05) is 18.4 Å². The third-order valence-electron chi connectivity index (χ3n) is 4.50. The Hall–Kier alpha value is -2.64. The summed E-state index contributed by atoms with van der Waals surface area (Å²) in [6.07, 6.45) is 2.07. The summed E-state index contributed by atoms with van der Waals surface area (Å²) in [6, 6.07) is 6.79. The second kappa shape index (κ2) is 8.37. The molecular weight excluding hydrogens is 359 g/mol. The van der Waals surface area contributed by atoms with Crippen LogP contribution in [0.25, 0.3) is 0 Å². The molecule has 3 rings (SSSR count). The smallest absolute Gasteiger partial charge is 0.416 e. The number of rotatable bonds is 5. The zero-order chi connectivity index (χ0) is 19.3. The summed E-state index contributed by atoms with van der Waals surface area (Å²) in [5, 5.41) is 2.95. The minimum Gasteiger partial charge on any atom is -0.460 e. The standard InChI is InChI=1S/C19H20F3N3O2/c20-19(21,22)14-4-2-13(3-5-14)12-17(26)25-15-6-8-16(9-7-15)27-18-23-10-1-11-24-18/h1-5,10-11,15-16H,6-9,12H2,(H,25,26). The number of carbonyl (C=O) groups excluding carboxylic acids is 1. The van der Waals surface area contributed by atoms with E-state index in [1.54, 1.807) is 18.5 Å². The average molecular weight is 379 g/mol. The van der Waals surface area contributed by atoms with E-state index >= 15 is 0 Å². The van der Waals surface area contributed by atoms with Crippen molar-refractivity contribution < 1.29 is 22.7 Å². The molecule has 0 aliphatic heterocycles. The van der Waals surface area contributed by atoms with Gasteiger partial charge in [-0.15, -0.1) is 0 Å². The van der Waals surface area contributed by atoms with Crippen molar-refractivity contribution in [3.8, 4) is 6.01 Å². The fourth-order valence-electron chi connectivity index (χ4n) is 3.10. The molecule has 0 saturated heterocycles. The van der Waals surface area contributed by atoms with Crippen LogP contribution in [0.4, 0.5) is 13.2 Å². The quantitative estimate of drug-likeness (QED) is 0.863. The number of amides is 1. The van der Waals surface area contributed by atoms with Crippen LogP contribution in [0.2, 0.25) is 0 Å². The Bertz CT molecular complexity index is 743. The molecule has 0 radical (unpaired) electrons. The second-order valence-electron chi connectivity index (χ2n) is 6.56. The molecule has 1 aromatic carbocycles. The van der Waals surface area contributed by atoms with Gasteiger partial charge < -0.3 is 10.1 Å². The molecule has 0 unspecified atom stereocenters. The van der Waals surface area contributed by atoms with Gasteiger partial charge in [-0.1, -0.05) is 12.1 Å². The van der Waals surface area contributed by atoms with Crippen LogP contribution in [0.3, 0.4) is 0 Å². The Morgan fingerprint density at radius 3 is 2.30 bits per heavy atom. The van der Waals surface area contributed by atoms with Crippen molar-refractivity contribution in [2.75, 3.05) is 0 Å². The highest BCUT2D eigenvalue weighted by Crippen LogP contribution is 2.29. The summed E-state index contributed by atoms with van der Waals surface area (Å²) in [7, 11) is 0. The van der Waals surface area contributed by atoms with E-state index in [2.05, 4.69) is 15.3 Å². The van der Waals surface area contributed by atoms with Crippen LogP contribution >= 0.6 is 0 Å². The first-order chi connectivity index (χ1) is 12.9. The molecule has 2 aromatic rings. The third kappa shape index (κ3) is 5.67. The van der Waals surface area contributed by atoms with E-state index < -0.39 is 11.7 Å². The summed E-state index contributed by atoms with van der Waals surface area (Å²) in [6.45, 7) is 0. The SMILES string of the molecule is O=C(Cc1ccc(C(F)(F)F)cc1)NC1CCC(Oc2ncccn2)CC1. The van der Waals surface area contributed by atoms with Crippen molar-refractivity contribution in [2.45, 2.75) is 50.4 Å². The first-order valence-corrected chi connectivity index (χ1v) is 8.79. The molecule has 1 fully saturated rings. The molecule has 0 bridgehead atoms. The lowest BCUT2D eigenvalue weighted by Crippen LogP contribution is -2.40. The van der Waals surface area contributed by atoms with Crippen LogP contribution in [0.5, 0.6) is 6.01 Å². The summed E-state index contributed by atoms with van der Waals surface area (Å²) in [5.41, 5.74) is -0.161. The van der Waals surface area contributed by atoms with Crippen molar-refractivity contribution in [3.05, 3.63) is 53.9 Å². The molecular formula is C19H20F3N3O2. The minimum absolute atomic E-state index is 0.0236. The van der Waals surface area contributed by atoms with E-state index in [4.69, 9.17) is 4.74 Å². The molecule has 1 amide bonds. The normalized spacial score (nSPS) is 20.1. The molecule has 1 aliphatic rings. The minimum atomic E-state index is -4.37. The molecule has 5 nitrogen and oxygen atoms in total. The topological polar surface area (TPSA) is 64.1 Å². The summed E-state index contributed by atoms with van der Waals surface area (Å²) < 4.78 is 43.4. The lowest BCUT2D eigenvalue weighted by atomic mass is 9.92. The van der Waals surface area contributed by atoms with Crippen molar-refractivity contribution in [1.82, 2.24) is 15.3 Å². The van der Waals surface area contributed by atoms with Crippen LogP contribution < -0.4 is 10.1 Å². The highest BCUT2D eigenvalue weighted by Gasteiger charge is 2.30. The number of hydrogen-bond acceptors (Lipinski definition) is 4. The fourth-order valence-corrected chi connectivity index (χ4v) is 3.10. The van der Waals surface area contributed by atoms with Gasteiger partial charge in [0.25, 0.3) is 0 Å². The Balaban J connectivity index is 1.43. The predicted octanol–water partition coefficient (Wildman–Crippen LogP) is 3.54. The Labute approximate surface area is 155 Å². The van der Waals surface area contributed by atoms with Crippen LogP contribution in [0.15, 0.2) is 42.7 Å². The van der Waals surface area contributed by atoms with E-state index in [1.807, 2.05) is 0 Å². The number of nitrogens with zero attached hydrogens (tertiary/aromatic N) is 2. The summed E-state index contributed by atoms with van der Waals surface area (Å²) in [5.74, 6) is -0.189. The van der Waals surface area contributed by atoms with Gasteiger partial charge >= 0.3 is 12.2 Å². The van der Waals surface area contributed by atoms with Gasteiger partial charge in [-0.3, -0.25) is 4.79 Å². The van der Waals surface area contributed by atoms with Crippen LogP contribution in [-0.2, 0) is 17.4 Å². The van der Waals surface area contributed by atoms with Gasteiger partial charge in [-0.2, -0.15) is 13.2 Å². The van der Waals surface area contributed by atoms with Crippen molar-refractivity contribution in [3.63, 3.8) is 0 Å². The molecule has 144 valence electrons. The molecule has 1 aromatic heterocycles. The van der Waals surface area contributed by atoms with Crippen molar-refractivity contribution >= 4 is 5.91 Å². The van der Waals surface area contributed by atoms with Gasteiger partial charge in [-0.25, -0.2) is 9.97 Å². The maximum atomic E-state index is 12.6. The summed E-state index contributed by atoms with van der Waals surface area (Å²) >= 11 is 0. The molecule has 1 heterocycles. The molecule has 8 heteroatoms. The zero-order valence-corrected chi connectivity index (χ0v) is 14.6. The predicted molar refractivity (Wildman–Crippen MR) is 92.0 cm³/mol. The number of benzene rings is 1. The number of alkyl halides is 3. The molecule has 0 spiro atoms. The number of aromatic nitrogens is 2. The van der Waals surface area contributed by atoms with E-state index in [9.17, 15) is 18.0 Å². The highest BCUT2D eigenvalue weighted by molar-refractivity contribution is 5.78. The van der Waals surface area contributed by atoms with E-state index in [-0.39, 0.29) is 24.5 Å². The van der Waals surface area contributed by atoms with E-state index in [0.29, 0.717) is 11.6 Å². The highest BCUT2D eigenvalue weighted by atomic mass is 19.4. The average Bonchev–Trinajstić information content (AvgIpc) is 2.64. The van der Waals surface area contributed by atoms with Crippen molar-refractivity contribution in [1.29, 1.82) is 0 Å². The van der Waals surface area contributed by atoms with E-state index in [0.717, 1.165) is 37.8 Å². The Morgan fingerprint density at radius 1 is 1.07 bits per heavy atom. The monoisotopic (exact) mass is 379 g/mol. The zero-order valence-electron chi connectivity index (χ0n) is 14.6. The van der Waals surface area contributed by atoms with Gasteiger partial charge in [-0.05, 0) is 49.4 Å². The number of nitrogens with one attached hydrogen (secondary N) is 1. The number of hydrogen-bond donors (Lipinski definition) is 1. The Kier molecular flexibility index (Phi) is 5.93. The first-order valence-electron chi connectivity index (χ1n) is 8.79. The van der Waals surface area contributed by atoms with Crippen LogP contribution in [0.1, 0.15) is 36.8 Å². The van der Waals surface area contributed by atoms with Gasteiger partial charge in [0.15, 0.2) is 0 Å². The lowest BCUT2D eigenvalue weighted by molar-refractivity contribution is -0.137. The number of ether oxygens (including phenoxy) is 1. The summed E-state index contributed by atoms with van der Waals surface area (Å²) in [4.78, 5) is 20.2. The molecule has 1 N–H and O–H groups in total. The lowest BCUT2D eigenvalue weighted by Gasteiger charge is -2.28. The largest absolute Gasteiger partial charge is 0.460 e. The van der Waals surface area contributed by atoms with Gasteiger partial charge in [0.1, 0.15) is 6.10 Å². The third-order valence-corrected chi connectivity index (χ3v) is 4.50. The second-order valence-corrected chi connectivity index (χ2v) is 6.56. The van der Waals surface area contributed by atoms with Crippen LogP contribution in [-0.4, -0.2) is 28.0 Å². The molecule has 1 saturated carbocycles. The molecule has 27 heavy (non-hydrogen) atoms. The van der Waals surface area contributed by atoms with E-state index in [1.165, 1.54) is 12.1 Å². The first kappa shape index (κ1) is 19.1. The van der Waals surface area contributed by atoms with Gasteiger partial charge in [0.05, 0.1) is 12.0 Å².